The monoisotopic (exact) mass is 368 g/mol. The zero-order valence-corrected chi connectivity index (χ0v) is 12.8. The quantitative estimate of drug-likeness (QED) is 0.605. The van der Waals surface area contributed by atoms with Crippen molar-refractivity contribution in [3.63, 3.8) is 0 Å². The van der Waals surface area contributed by atoms with Gasteiger partial charge in [-0.25, -0.2) is 0 Å². The third-order valence-electron chi connectivity index (χ3n) is 2.91. The molecule has 0 bridgehead atoms. The molecule has 0 saturated carbocycles. The highest BCUT2D eigenvalue weighted by Gasteiger charge is 1.99. The molecule has 0 unspecified atom stereocenters. The Hall–Kier alpha value is -1.23. The van der Waals surface area contributed by atoms with Crippen LogP contribution in [-0.2, 0) is 6.42 Å². The highest BCUT2D eigenvalue weighted by Crippen LogP contribution is 2.18. The van der Waals surface area contributed by atoms with Crippen molar-refractivity contribution in [1.82, 2.24) is 0 Å². The fourth-order valence-electron chi connectivity index (χ4n) is 1.86. The van der Waals surface area contributed by atoms with Crippen LogP contribution in [0.5, 0.6) is 11.5 Å². The molecule has 0 fully saturated rings. The molecule has 2 rings (SSSR count). The topological polar surface area (TPSA) is 29.5 Å². The fraction of sp³-hybridized carbons (Fsp3) is 0.250. The van der Waals surface area contributed by atoms with Crippen molar-refractivity contribution >= 4 is 22.6 Å². The van der Waals surface area contributed by atoms with E-state index in [0.29, 0.717) is 12.4 Å². The molecule has 2 aromatic rings. The normalized spacial score (nSPS) is 10.4. The Morgan fingerprint density at radius 1 is 0.947 bits per heavy atom. The minimum Gasteiger partial charge on any atom is -0.508 e. The number of phenols is 1. The SMILES string of the molecule is Oc1ccccc1CCCCOc1ccc(I)cc1. The van der Waals surface area contributed by atoms with Gasteiger partial charge in [-0.1, -0.05) is 18.2 Å². The number of hydrogen-bond acceptors (Lipinski definition) is 2. The molecule has 0 saturated heterocycles. The average molecular weight is 368 g/mol. The highest BCUT2D eigenvalue weighted by atomic mass is 127. The summed E-state index contributed by atoms with van der Waals surface area (Å²) in [4.78, 5) is 0. The molecule has 0 aliphatic carbocycles. The Balaban J connectivity index is 1.67. The van der Waals surface area contributed by atoms with E-state index in [1.54, 1.807) is 6.07 Å². The van der Waals surface area contributed by atoms with Gasteiger partial charge in [-0.2, -0.15) is 0 Å². The van der Waals surface area contributed by atoms with Crippen LogP contribution in [0.2, 0.25) is 0 Å². The maximum absolute atomic E-state index is 9.64. The number of ether oxygens (including phenoxy) is 1. The van der Waals surface area contributed by atoms with E-state index >= 15 is 0 Å². The van der Waals surface area contributed by atoms with Crippen molar-refractivity contribution in [2.24, 2.45) is 0 Å². The number of aryl methyl sites for hydroxylation is 1. The van der Waals surface area contributed by atoms with Gasteiger partial charge in [0, 0.05) is 3.57 Å². The van der Waals surface area contributed by atoms with E-state index in [1.165, 1.54) is 3.57 Å². The van der Waals surface area contributed by atoms with Gasteiger partial charge >= 0.3 is 0 Å². The Bertz CT molecular complexity index is 508. The Morgan fingerprint density at radius 3 is 2.42 bits per heavy atom. The smallest absolute Gasteiger partial charge is 0.119 e. The molecule has 0 atom stereocenters. The minimum absolute atomic E-state index is 0.390. The molecule has 0 radical (unpaired) electrons. The predicted molar refractivity (Wildman–Crippen MR) is 85.7 cm³/mol. The molecule has 1 N–H and O–H groups in total. The van der Waals surface area contributed by atoms with Gasteiger partial charge in [0.25, 0.3) is 0 Å². The lowest BCUT2D eigenvalue weighted by molar-refractivity contribution is 0.306. The molecule has 0 amide bonds. The van der Waals surface area contributed by atoms with Gasteiger partial charge < -0.3 is 9.84 Å². The Morgan fingerprint density at radius 2 is 1.68 bits per heavy atom. The third kappa shape index (κ3) is 4.74. The lowest BCUT2D eigenvalue weighted by Crippen LogP contribution is -1.98. The van der Waals surface area contributed by atoms with Crippen LogP contribution in [0.4, 0.5) is 0 Å². The maximum Gasteiger partial charge on any atom is 0.119 e. The first kappa shape index (κ1) is 14.2. The zero-order chi connectivity index (χ0) is 13.5. The van der Waals surface area contributed by atoms with Gasteiger partial charge in [0.05, 0.1) is 6.61 Å². The van der Waals surface area contributed by atoms with E-state index in [2.05, 4.69) is 22.6 Å². The minimum atomic E-state index is 0.390. The van der Waals surface area contributed by atoms with Crippen LogP contribution in [-0.4, -0.2) is 11.7 Å². The van der Waals surface area contributed by atoms with Gasteiger partial charge in [0.15, 0.2) is 0 Å². The molecule has 19 heavy (non-hydrogen) atoms. The highest BCUT2D eigenvalue weighted by molar-refractivity contribution is 14.1. The molecule has 100 valence electrons. The van der Waals surface area contributed by atoms with E-state index < -0.39 is 0 Å². The van der Waals surface area contributed by atoms with Gasteiger partial charge in [0.1, 0.15) is 11.5 Å². The summed E-state index contributed by atoms with van der Waals surface area (Å²) in [5.74, 6) is 1.31. The summed E-state index contributed by atoms with van der Waals surface area (Å²) in [6.07, 6.45) is 2.89. The first-order valence-electron chi connectivity index (χ1n) is 6.41. The second-order valence-electron chi connectivity index (χ2n) is 4.39. The lowest BCUT2D eigenvalue weighted by atomic mass is 10.1. The molecule has 0 aromatic heterocycles. The summed E-state index contributed by atoms with van der Waals surface area (Å²) in [5, 5.41) is 9.64. The largest absolute Gasteiger partial charge is 0.508 e. The van der Waals surface area contributed by atoms with Gasteiger partial charge in [-0.15, -0.1) is 0 Å². The van der Waals surface area contributed by atoms with Crippen molar-refractivity contribution in [2.45, 2.75) is 19.3 Å². The molecule has 0 spiro atoms. The number of phenolic OH excluding ortho intramolecular Hbond substituents is 1. The number of para-hydroxylation sites is 1. The number of hydrogen-bond donors (Lipinski definition) is 1. The summed E-state index contributed by atoms with van der Waals surface area (Å²) in [7, 11) is 0. The van der Waals surface area contributed by atoms with Crippen LogP contribution in [0.25, 0.3) is 0 Å². The first-order chi connectivity index (χ1) is 9.25. The second kappa shape index (κ2) is 7.38. The van der Waals surface area contributed by atoms with Crippen molar-refractivity contribution < 1.29 is 9.84 Å². The maximum atomic E-state index is 9.64. The van der Waals surface area contributed by atoms with Crippen molar-refractivity contribution in [3.05, 3.63) is 57.7 Å². The lowest BCUT2D eigenvalue weighted by Gasteiger charge is -2.07. The molecule has 2 aromatic carbocycles. The van der Waals surface area contributed by atoms with E-state index in [4.69, 9.17) is 4.74 Å². The number of rotatable bonds is 6. The Labute approximate surface area is 127 Å². The van der Waals surface area contributed by atoms with Crippen molar-refractivity contribution in [3.8, 4) is 11.5 Å². The van der Waals surface area contributed by atoms with E-state index in [9.17, 15) is 5.11 Å². The molecular weight excluding hydrogens is 351 g/mol. The number of benzene rings is 2. The molecule has 3 heteroatoms. The van der Waals surface area contributed by atoms with Crippen LogP contribution >= 0.6 is 22.6 Å². The second-order valence-corrected chi connectivity index (χ2v) is 5.63. The number of halogens is 1. The van der Waals surface area contributed by atoms with Crippen molar-refractivity contribution in [1.29, 1.82) is 0 Å². The van der Waals surface area contributed by atoms with Crippen LogP contribution in [0.1, 0.15) is 18.4 Å². The van der Waals surface area contributed by atoms with Gasteiger partial charge in [-0.05, 0) is 77.7 Å². The Kier molecular flexibility index (Phi) is 5.51. The summed E-state index contributed by atoms with van der Waals surface area (Å²) < 4.78 is 6.88. The van der Waals surface area contributed by atoms with Crippen molar-refractivity contribution in [2.75, 3.05) is 6.61 Å². The average Bonchev–Trinajstić information content (AvgIpc) is 2.42. The van der Waals surface area contributed by atoms with Crippen LogP contribution < -0.4 is 4.74 Å². The third-order valence-corrected chi connectivity index (χ3v) is 3.63. The summed E-state index contributed by atoms with van der Waals surface area (Å²) >= 11 is 2.28. The van der Waals surface area contributed by atoms with Gasteiger partial charge in [0.2, 0.25) is 0 Å². The van der Waals surface area contributed by atoms with Crippen LogP contribution in [0.3, 0.4) is 0 Å². The first-order valence-corrected chi connectivity index (χ1v) is 7.49. The van der Waals surface area contributed by atoms with E-state index in [0.717, 1.165) is 30.6 Å². The standard InChI is InChI=1S/C16H17IO2/c17-14-8-10-15(11-9-14)19-12-4-3-6-13-5-1-2-7-16(13)18/h1-2,5,7-11,18H,3-4,6,12H2. The zero-order valence-electron chi connectivity index (χ0n) is 10.7. The molecular formula is C16H17IO2. The van der Waals surface area contributed by atoms with Crippen LogP contribution in [0, 0.1) is 3.57 Å². The summed E-state index contributed by atoms with van der Waals surface area (Å²) in [6, 6.07) is 15.6. The van der Waals surface area contributed by atoms with Gasteiger partial charge in [-0.3, -0.25) is 0 Å². The number of aromatic hydroxyl groups is 1. The predicted octanol–water partition coefficient (Wildman–Crippen LogP) is 4.40. The molecule has 0 aliphatic rings. The van der Waals surface area contributed by atoms with E-state index in [-0.39, 0.29) is 0 Å². The molecule has 0 heterocycles. The van der Waals surface area contributed by atoms with E-state index in [1.807, 2.05) is 42.5 Å². The summed E-state index contributed by atoms with van der Waals surface area (Å²) in [6.45, 7) is 0.716. The van der Waals surface area contributed by atoms with Crippen LogP contribution in [0.15, 0.2) is 48.5 Å². The molecule has 2 nitrogen and oxygen atoms in total. The molecule has 0 aliphatic heterocycles. The fourth-order valence-corrected chi connectivity index (χ4v) is 2.22. The summed E-state index contributed by atoms with van der Waals surface area (Å²) in [5.41, 5.74) is 1.01. The number of unbranched alkanes of at least 4 members (excludes halogenated alkanes) is 1.